The molecule has 0 bridgehead atoms. The van der Waals surface area contributed by atoms with Crippen LogP contribution >= 0.6 is 0 Å². The van der Waals surface area contributed by atoms with Gasteiger partial charge in [0.1, 0.15) is 6.10 Å². The lowest BCUT2D eigenvalue weighted by molar-refractivity contribution is -0.157. The van der Waals surface area contributed by atoms with Crippen molar-refractivity contribution in [3.8, 4) is 0 Å². The molecule has 0 saturated heterocycles. The van der Waals surface area contributed by atoms with Crippen molar-refractivity contribution in [2.75, 3.05) is 0 Å². The topological polar surface area (TPSA) is 26.3 Å². The van der Waals surface area contributed by atoms with Crippen LogP contribution in [0.25, 0.3) is 0 Å². The first-order valence-corrected chi connectivity index (χ1v) is 9.43. The van der Waals surface area contributed by atoms with Crippen molar-refractivity contribution in [1.29, 1.82) is 0 Å². The lowest BCUT2D eigenvalue weighted by atomic mass is 9.80. The number of hydrogen-bond donors (Lipinski definition) is 0. The van der Waals surface area contributed by atoms with E-state index in [0.717, 1.165) is 37.5 Å². The Morgan fingerprint density at radius 1 is 0.810 bits per heavy atom. The first-order chi connectivity index (χ1) is 10.2. The highest BCUT2D eigenvalue weighted by molar-refractivity contribution is 5.72. The van der Waals surface area contributed by atoms with Gasteiger partial charge in [0, 0.05) is 0 Å². The maximum atomic E-state index is 12.3. The van der Waals surface area contributed by atoms with E-state index in [1.165, 1.54) is 51.4 Å². The summed E-state index contributed by atoms with van der Waals surface area (Å²) < 4.78 is 5.81. The molecule has 0 aromatic carbocycles. The normalized spacial score (nSPS) is 33.6. The molecule has 0 aliphatic heterocycles. The Labute approximate surface area is 131 Å². The molecule has 2 aliphatic carbocycles. The van der Waals surface area contributed by atoms with Crippen LogP contribution in [0.1, 0.15) is 90.9 Å². The van der Waals surface area contributed by atoms with E-state index in [-0.39, 0.29) is 18.0 Å². The quantitative estimate of drug-likeness (QED) is 0.605. The van der Waals surface area contributed by atoms with Crippen LogP contribution in [-0.2, 0) is 9.53 Å². The molecule has 2 aliphatic rings. The molecule has 122 valence electrons. The van der Waals surface area contributed by atoms with Crippen LogP contribution in [0.3, 0.4) is 0 Å². The van der Waals surface area contributed by atoms with E-state index in [1.807, 2.05) is 0 Å². The Balaban J connectivity index is 1.66. The highest BCUT2D eigenvalue weighted by Crippen LogP contribution is 2.34. The van der Waals surface area contributed by atoms with Gasteiger partial charge in [0.15, 0.2) is 0 Å². The molecular weight excluding hydrogens is 260 g/mol. The standard InChI is InChI=1S/C19H34O2/c1-3-5-15-7-11-17(12-8-15)19(20)21-18-13-9-16(6-4-2)10-14-18/h15-18H,3-14H2,1-2H3/t15-,16-,17-,18-. The fourth-order valence-corrected chi connectivity index (χ4v) is 4.30. The second-order valence-corrected chi connectivity index (χ2v) is 7.37. The zero-order chi connectivity index (χ0) is 15.1. The van der Waals surface area contributed by atoms with Gasteiger partial charge >= 0.3 is 5.97 Å². The maximum absolute atomic E-state index is 12.3. The molecule has 21 heavy (non-hydrogen) atoms. The van der Waals surface area contributed by atoms with Crippen molar-refractivity contribution in [2.24, 2.45) is 17.8 Å². The van der Waals surface area contributed by atoms with Gasteiger partial charge < -0.3 is 4.74 Å². The Kier molecular flexibility index (Phi) is 7.06. The molecule has 0 aromatic rings. The predicted molar refractivity (Wildman–Crippen MR) is 87.1 cm³/mol. The third kappa shape index (κ3) is 5.30. The van der Waals surface area contributed by atoms with Crippen LogP contribution < -0.4 is 0 Å². The number of carbonyl (C=O) groups is 1. The molecule has 0 spiro atoms. The summed E-state index contributed by atoms with van der Waals surface area (Å²) in [4.78, 5) is 12.3. The van der Waals surface area contributed by atoms with E-state index < -0.39 is 0 Å². The predicted octanol–water partition coefficient (Wildman–Crippen LogP) is 5.50. The van der Waals surface area contributed by atoms with Gasteiger partial charge in [-0.25, -0.2) is 0 Å². The summed E-state index contributed by atoms with van der Waals surface area (Å²) in [7, 11) is 0. The van der Waals surface area contributed by atoms with Crippen LogP contribution in [0, 0.1) is 17.8 Å². The molecule has 0 aromatic heterocycles. The average molecular weight is 294 g/mol. The highest BCUT2D eigenvalue weighted by atomic mass is 16.5. The molecule has 0 atom stereocenters. The summed E-state index contributed by atoms with van der Waals surface area (Å²) in [5, 5.41) is 0. The molecule has 0 heterocycles. The molecule has 2 nitrogen and oxygen atoms in total. The van der Waals surface area contributed by atoms with Gasteiger partial charge in [0.25, 0.3) is 0 Å². The summed E-state index contributed by atoms with van der Waals surface area (Å²) in [6.07, 6.45) is 14.8. The molecular formula is C19H34O2. The SMILES string of the molecule is CCC[C@H]1CC[C@H](OC(=O)[C@H]2CC[C@H](CCC)CC2)CC1. The average Bonchev–Trinajstić information content (AvgIpc) is 2.50. The Morgan fingerprint density at radius 2 is 1.29 bits per heavy atom. The molecule has 0 radical (unpaired) electrons. The Bertz CT molecular complexity index is 297. The monoisotopic (exact) mass is 294 g/mol. The largest absolute Gasteiger partial charge is 0.462 e. The van der Waals surface area contributed by atoms with Gasteiger partial charge in [-0.1, -0.05) is 39.5 Å². The lowest BCUT2D eigenvalue weighted by Crippen LogP contribution is -2.30. The summed E-state index contributed by atoms with van der Waals surface area (Å²) in [6.45, 7) is 4.52. The van der Waals surface area contributed by atoms with Gasteiger partial charge in [-0.15, -0.1) is 0 Å². The number of hydrogen-bond acceptors (Lipinski definition) is 2. The van der Waals surface area contributed by atoms with Crippen molar-refractivity contribution in [2.45, 2.75) is 97.0 Å². The van der Waals surface area contributed by atoms with Gasteiger partial charge in [0.2, 0.25) is 0 Å². The minimum Gasteiger partial charge on any atom is -0.462 e. The molecule has 2 rings (SSSR count). The third-order valence-corrected chi connectivity index (χ3v) is 5.65. The molecule has 0 N–H and O–H groups in total. The van der Waals surface area contributed by atoms with Crippen LogP contribution in [0.2, 0.25) is 0 Å². The second kappa shape index (κ2) is 8.80. The van der Waals surface area contributed by atoms with Gasteiger partial charge in [-0.05, 0) is 63.2 Å². The lowest BCUT2D eigenvalue weighted by Gasteiger charge is -2.31. The maximum Gasteiger partial charge on any atom is 0.309 e. The van der Waals surface area contributed by atoms with Crippen LogP contribution in [-0.4, -0.2) is 12.1 Å². The van der Waals surface area contributed by atoms with Crippen LogP contribution in [0.4, 0.5) is 0 Å². The number of esters is 1. The van der Waals surface area contributed by atoms with E-state index in [0.29, 0.717) is 0 Å². The molecule has 2 saturated carbocycles. The highest BCUT2D eigenvalue weighted by Gasteiger charge is 2.30. The summed E-state index contributed by atoms with van der Waals surface area (Å²) in [6, 6.07) is 0. The van der Waals surface area contributed by atoms with Crippen LogP contribution in [0.15, 0.2) is 0 Å². The van der Waals surface area contributed by atoms with Crippen molar-refractivity contribution in [1.82, 2.24) is 0 Å². The number of carbonyl (C=O) groups excluding carboxylic acids is 1. The number of rotatable bonds is 6. The van der Waals surface area contributed by atoms with Crippen molar-refractivity contribution < 1.29 is 9.53 Å². The van der Waals surface area contributed by atoms with E-state index in [9.17, 15) is 4.79 Å². The molecule has 2 fully saturated rings. The number of ether oxygens (including phenoxy) is 1. The summed E-state index contributed by atoms with van der Waals surface area (Å²) in [5.74, 6) is 2.06. The van der Waals surface area contributed by atoms with Crippen molar-refractivity contribution in [3.05, 3.63) is 0 Å². The van der Waals surface area contributed by atoms with Crippen molar-refractivity contribution in [3.63, 3.8) is 0 Å². The van der Waals surface area contributed by atoms with Crippen LogP contribution in [0.5, 0.6) is 0 Å². The van der Waals surface area contributed by atoms with E-state index in [4.69, 9.17) is 4.74 Å². The zero-order valence-electron chi connectivity index (χ0n) is 14.1. The van der Waals surface area contributed by atoms with Crippen molar-refractivity contribution >= 4 is 5.97 Å². The van der Waals surface area contributed by atoms with Gasteiger partial charge in [-0.2, -0.15) is 0 Å². The smallest absolute Gasteiger partial charge is 0.309 e. The fraction of sp³-hybridized carbons (Fsp3) is 0.947. The molecule has 0 unspecified atom stereocenters. The van der Waals surface area contributed by atoms with E-state index in [2.05, 4.69) is 13.8 Å². The zero-order valence-corrected chi connectivity index (χ0v) is 14.1. The second-order valence-electron chi connectivity index (χ2n) is 7.37. The first-order valence-electron chi connectivity index (χ1n) is 9.43. The van der Waals surface area contributed by atoms with E-state index >= 15 is 0 Å². The molecule has 0 amide bonds. The first kappa shape index (κ1) is 16.8. The molecule has 2 heteroatoms. The summed E-state index contributed by atoms with van der Waals surface area (Å²) >= 11 is 0. The summed E-state index contributed by atoms with van der Waals surface area (Å²) in [5.41, 5.74) is 0. The Hall–Kier alpha value is -0.530. The minimum atomic E-state index is 0.115. The Morgan fingerprint density at radius 3 is 1.76 bits per heavy atom. The van der Waals surface area contributed by atoms with Gasteiger partial charge in [0.05, 0.1) is 5.92 Å². The van der Waals surface area contributed by atoms with E-state index in [1.54, 1.807) is 0 Å². The third-order valence-electron chi connectivity index (χ3n) is 5.65. The fourth-order valence-electron chi connectivity index (χ4n) is 4.30. The van der Waals surface area contributed by atoms with Gasteiger partial charge in [-0.3, -0.25) is 4.79 Å². The minimum absolute atomic E-state index is 0.115.